The van der Waals surface area contributed by atoms with Crippen molar-refractivity contribution in [2.24, 2.45) is 5.92 Å². The van der Waals surface area contributed by atoms with Gasteiger partial charge in [0, 0.05) is 11.1 Å². The second kappa shape index (κ2) is 5.65. The van der Waals surface area contributed by atoms with Gasteiger partial charge in [0.05, 0.1) is 0 Å². The molecule has 0 aromatic heterocycles. The quantitative estimate of drug-likeness (QED) is 0.618. The second-order valence-electron chi connectivity index (χ2n) is 5.92. The first kappa shape index (κ1) is 13.7. The van der Waals surface area contributed by atoms with Gasteiger partial charge in [-0.3, -0.25) is 9.59 Å². The van der Waals surface area contributed by atoms with E-state index < -0.39 is 11.6 Å². The molecule has 1 fully saturated rings. The number of Topliss-reactive ketones (excluding diaryl/α,β-unsaturated/α-hetero) is 2. The Balaban J connectivity index is 1.75. The summed E-state index contributed by atoms with van der Waals surface area (Å²) < 4.78 is 0. The molecule has 21 heavy (non-hydrogen) atoms. The summed E-state index contributed by atoms with van der Waals surface area (Å²) in [6.07, 6.45) is 2.44. The summed E-state index contributed by atoms with van der Waals surface area (Å²) in [5.41, 5.74) is 2.19. The largest absolute Gasteiger partial charge is 0.285 e. The molecule has 0 spiro atoms. The summed E-state index contributed by atoms with van der Waals surface area (Å²) in [4.78, 5) is 24.3. The first-order valence-corrected chi connectivity index (χ1v) is 7.39. The molecule has 0 radical (unpaired) electrons. The summed E-state index contributed by atoms with van der Waals surface area (Å²) in [5, 5.41) is 0. The summed E-state index contributed by atoms with van der Waals surface area (Å²) in [6.45, 7) is 2.26. The minimum Gasteiger partial charge on any atom is -0.285 e. The molecule has 0 unspecified atom stereocenters. The van der Waals surface area contributed by atoms with Crippen LogP contribution in [0.4, 0.5) is 0 Å². The van der Waals surface area contributed by atoms with Gasteiger partial charge < -0.3 is 0 Å². The van der Waals surface area contributed by atoms with Crippen LogP contribution >= 0.6 is 0 Å². The van der Waals surface area contributed by atoms with E-state index in [2.05, 4.69) is 6.92 Å². The lowest BCUT2D eigenvalue weighted by atomic mass is 9.72. The van der Waals surface area contributed by atoms with Crippen molar-refractivity contribution in [3.8, 4) is 0 Å². The van der Waals surface area contributed by atoms with E-state index in [4.69, 9.17) is 0 Å². The fourth-order valence-corrected chi connectivity index (χ4v) is 2.93. The third-order valence-electron chi connectivity index (χ3n) is 4.26. The Bertz CT molecular complexity index is 650. The molecule has 1 aliphatic rings. The smallest absolute Gasteiger partial charge is 0.233 e. The fraction of sp³-hybridized carbons (Fsp3) is 0.263. The topological polar surface area (TPSA) is 34.1 Å². The van der Waals surface area contributed by atoms with Gasteiger partial charge in [0.15, 0.2) is 0 Å². The predicted molar refractivity (Wildman–Crippen MR) is 82.7 cm³/mol. The van der Waals surface area contributed by atoms with Crippen molar-refractivity contribution in [2.75, 3.05) is 0 Å². The monoisotopic (exact) mass is 278 g/mol. The van der Waals surface area contributed by atoms with Gasteiger partial charge in [-0.1, -0.05) is 61.5 Å². The van der Waals surface area contributed by atoms with Crippen molar-refractivity contribution in [1.82, 2.24) is 0 Å². The van der Waals surface area contributed by atoms with Crippen molar-refractivity contribution in [3.63, 3.8) is 0 Å². The Morgan fingerprint density at radius 1 is 0.810 bits per heavy atom. The van der Waals surface area contributed by atoms with Crippen LogP contribution in [0.3, 0.4) is 0 Å². The highest BCUT2D eigenvalue weighted by atomic mass is 16.2. The van der Waals surface area contributed by atoms with Gasteiger partial charge in [0.25, 0.3) is 0 Å². The molecular weight excluding hydrogens is 260 g/mol. The molecule has 0 atom stereocenters. The molecule has 2 aromatic carbocycles. The predicted octanol–water partition coefficient (Wildman–Crippen LogP) is 4.27. The van der Waals surface area contributed by atoms with E-state index in [1.807, 2.05) is 18.2 Å². The fourth-order valence-electron chi connectivity index (χ4n) is 2.93. The molecule has 3 rings (SSSR count). The Kier molecular flexibility index (Phi) is 3.70. The first-order chi connectivity index (χ1) is 10.1. The Hall–Kier alpha value is -2.22. The maximum atomic E-state index is 12.2. The zero-order valence-electron chi connectivity index (χ0n) is 12.1. The molecular formula is C19H18O2. The van der Waals surface area contributed by atoms with Crippen LogP contribution in [0.15, 0.2) is 54.6 Å². The number of hydrogen-bond donors (Lipinski definition) is 0. The van der Waals surface area contributed by atoms with Gasteiger partial charge in [0.2, 0.25) is 11.6 Å². The van der Waals surface area contributed by atoms with Gasteiger partial charge in [-0.05, 0) is 30.2 Å². The summed E-state index contributed by atoms with van der Waals surface area (Å²) in [6, 6.07) is 16.2. The third kappa shape index (κ3) is 2.80. The number of benzene rings is 2. The molecule has 0 N–H and O–H groups in total. The van der Waals surface area contributed by atoms with Gasteiger partial charge >= 0.3 is 0 Å². The standard InChI is InChI=1S/C19H18O2/c1-13-11-17(12-13)14-7-9-16(10-8-14)19(21)18(20)15-5-3-2-4-6-15/h2-10,13,17H,11-12H2,1H3. The van der Waals surface area contributed by atoms with Gasteiger partial charge in [-0.2, -0.15) is 0 Å². The Morgan fingerprint density at radius 3 is 1.86 bits per heavy atom. The zero-order valence-corrected chi connectivity index (χ0v) is 12.1. The van der Waals surface area contributed by atoms with Crippen molar-refractivity contribution in [3.05, 3.63) is 71.3 Å². The number of carbonyl (C=O) groups is 2. The van der Waals surface area contributed by atoms with E-state index in [0.29, 0.717) is 17.0 Å². The van der Waals surface area contributed by atoms with E-state index in [-0.39, 0.29) is 0 Å². The number of hydrogen-bond acceptors (Lipinski definition) is 2. The van der Waals surface area contributed by atoms with E-state index in [9.17, 15) is 9.59 Å². The molecule has 0 heterocycles. The second-order valence-corrected chi connectivity index (χ2v) is 5.92. The summed E-state index contributed by atoms with van der Waals surface area (Å²) >= 11 is 0. The van der Waals surface area contributed by atoms with Crippen LogP contribution in [0.25, 0.3) is 0 Å². The minimum atomic E-state index is -0.444. The Morgan fingerprint density at radius 2 is 1.33 bits per heavy atom. The normalized spacial score (nSPS) is 20.6. The maximum absolute atomic E-state index is 12.2. The van der Waals surface area contributed by atoms with Crippen LogP contribution in [0.5, 0.6) is 0 Å². The van der Waals surface area contributed by atoms with Crippen LogP contribution in [-0.4, -0.2) is 11.6 Å². The lowest BCUT2D eigenvalue weighted by Gasteiger charge is -2.33. The molecule has 0 amide bonds. The van der Waals surface area contributed by atoms with Gasteiger partial charge in [-0.25, -0.2) is 0 Å². The molecule has 2 aromatic rings. The van der Waals surface area contributed by atoms with Crippen LogP contribution in [0.2, 0.25) is 0 Å². The minimum absolute atomic E-state index is 0.435. The lowest BCUT2D eigenvalue weighted by molar-refractivity contribution is 0.0817. The maximum Gasteiger partial charge on any atom is 0.233 e. The summed E-state index contributed by atoms with van der Waals surface area (Å²) in [7, 11) is 0. The SMILES string of the molecule is CC1CC(c2ccc(C(=O)C(=O)c3ccccc3)cc2)C1. The molecule has 2 heteroatoms. The van der Waals surface area contributed by atoms with Crippen LogP contribution < -0.4 is 0 Å². The van der Waals surface area contributed by atoms with Gasteiger partial charge in [0.1, 0.15) is 0 Å². The van der Waals surface area contributed by atoms with Crippen molar-refractivity contribution in [1.29, 1.82) is 0 Å². The van der Waals surface area contributed by atoms with E-state index in [1.54, 1.807) is 36.4 Å². The highest BCUT2D eigenvalue weighted by Gasteiger charge is 2.27. The number of ketones is 2. The highest BCUT2D eigenvalue weighted by molar-refractivity contribution is 6.49. The van der Waals surface area contributed by atoms with Gasteiger partial charge in [-0.15, -0.1) is 0 Å². The molecule has 1 aliphatic carbocycles. The van der Waals surface area contributed by atoms with Crippen LogP contribution in [-0.2, 0) is 0 Å². The average molecular weight is 278 g/mol. The van der Waals surface area contributed by atoms with Crippen molar-refractivity contribution in [2.45, 2.75) is 25.7 Å². The molecule has 0 aliphatic heterocycles. The molecule has 106 valence electrons. The Labute approximate surface area is 124 Å². The summed E-state index contributed by atoms with van der Waals surface area (Å²) in [5.74, 6) is 0.542. The number of rotatable bonds is 4. The van der Waals surface area contributed by atoms with Crippen molar-refractivity contribution >= 4 is 11.6 Å². The number of carbonyl (C=O) groups excluding carboxylic acids is 2. The molecule has 2 nitrogen and oxygen atoms in total. The molecule has 1 saturated carbocycles. The van der Waals surface area contributed by atoms with E-state index in [1.165, 1.54) is 18.4 Å². The van der Waals surface area contributed by atoms with E-state index in [0.717, 1.165) is 5.92 Å². The van der Waals surface area contributed by atoms with Crippen LogP contribution in [0, 0.1) is 5.92 Å². The van der Waals surface area contributed by atoms with Crippen LogP contribution in [0.1, 0.15) is 52.0 Å². The zero-order chi connectivity index (χ0) is 14.8. The van der Waals surface area contributed by atoms with Crippen molar-refractivity contribution < 1.29 is 9.59 Å². The molecule has 0 saturated heterocycles. The highest BCUT2D eigenvalue weighted by Crippen LogP contribution is 2.41. The average Bonchev–Trinajstić information content (AvgIpc) is 2.51. The molecule has 0 bridgehead atoms. The first-order valence-electron chi connectivity index (χ1n) is 7.39. The van der Waals surface area contributed by atoms with E-state index >= 15 is 0 Å². The lowest BCUT2D eigenvalue weighted by Crippen LogP contribution is -2.19. The third-order valence-corrected chi connectivity index (χ3v) is 4.26.